The van der Waals surface area contributed by atoms with Gasteiger partial charge >= 0.3 is 0 Å². The van der Waals surface area contributed by atoms with E-state index in [1.807, 2.05) is 42.5 Å². The molecule has 27 heavy (non-hydrogen) atoms. The first-order chi connectivity index (χ1) is 13.3. The summed E-state index contributed by atoms with van der Waals surface area (Å²) >= 11 is 0. The number of aryl methyl sites for hydroxylation is 1. The maximum Gasteiger partial charge on any atom is 0.245 e. The molecule has 0 unspecified atom stereocenters. The molecule has 2 heterocycles. The molecule has 1 aromatic heterocycles. The van der Waals surface area contributed by atoms with E-state index in [1.54, 1.807) is 4.68 Å². The van der Waals surface area contributed by atoms with Crippen LogP contribution in [0.4, 0.5) is 11.5 Å². The molecule has 1 aliphatic rings. The topological polar surface area (TPSA) is 74.0 Å². The minimum Gasteiger partial charge on any atom is -0.362 e. The SMILES string of the molecule is N#Cc1cnn(-c2ccccc2)c1NC(=O)CN1CCCc2ccccc21. The molecule has 1 N–H and O–H groups in total. The highest BCUT2D eigenvalue weighted by atomic mass is 16.2. The molecule has 0 atom stereocenters. The second kappa shape index (κ2) is 7.34. The van der Waals surface area contributed by atoms with Crippen LogP contribution in [0.5, 0.6) is 0 Å². The van der Waals surface area contributed by atoms with Crippen LogP contribution in [0.1, 0.15) is 17.5 Å². The predicted molar refractivity (Wildman–Crippen MR) is 104 cm³/mol. The lowest BCUT2D eigenvalue weighted by Crippen LogP contribution is -2.37. The van der Waals surface area contributed by atoms with Crippen molar-refractivity contribution in [3.8, 4) is 11.8 Å². The summed E-state index contributed by atoms with van der Waals surface area (Å²) in [5, 5.41) is 16.5. The zero-order chi connectivity index (χ0) is 18.6. The molecule has 0 spiro atoms. The van der Waals surface area contributed by atoms with Crippen molar-refractivity contribution in [1.82, 2.24) is 9.78 Å². The van der Waals surface area contributed by atoms with Gasteiger partial charge in [-0.25, -0.2) is 4.68 Å². The Morgan fingerprint density at radius 3 is 2.74 bits per heavy atom. The Kier molecular flexibility index (Phi) is 4.58. The Morgan fingerprint density at radius 2 is 1.93 bits per heavy atom. The molecule has 3 aromatic rings. The number of nitrogens with zero attached hydrogens (tertiary/aromatic N) is 4. The van der Waals surface area contributed by atoms with Crippen molar-refractivity contribution in [2.45, 2.75) is 12.8 Å². The quantitative estimate of drug-likeness (QED) is 0.778. The molecule has 0 saturated carbocycles. The van der Waals surface area contributed by atoms with Crippen LogP contribution in [-0.4, -0.2) is 28.8 Å². The van der Waals surface area contributed by atoms with E-state index in [1.165, 1.54) is 11.8 Å². The summed E-state index contributed by atoms with van der Waals surface area (Å²) in [6.07, 6.45) is 3.53. The minimum atomic E-state index is -0.166. The predicted octanol–water partition coefficient (Wildman–Crippen LogP) is 3.14. The molecular weight excluding hydrogens is 338 g/mol. The summed E-state index contributed by atoms with van der Waals surface area (Å²) in [4.78, 5) is 14.8. The van der Waals surface area contributed by atoms with E-state index < -0.39 is 0 Å². The third-order valence-corrected chi connectivity index (χ3v) is 4.69. The molecular formula is C21H19N5O. The third kappa shape index (κ3) is 3.40. The van der Waals surface area contributed by atoms with Crippen molar-refractivity contribution in [2.75, 3.05) is 23.3 Å². The molecule has 6 nitrogen and oxygen atoms in total. The Labute approximate surface area is 157 Å². The molecule has 134 valence electrons. The number of nitrogens with one attached hydrogen (secondary N) is 1. The van der Waals surface area contributed by atoms with Crippen LogP contribution in [-0.2, 0) is 11.2 Å². The van der Waals surface area contributed by atoms with Crippen molar-refractivity contribution in [3.63, 3.8) is 0 Å². The molecule has 0 aliphatic carbocycles. The summed E-state index contributed by atoms with van der Waals surface area (Å²) in [6, 6.07) is 19.7. The van der Waals surface area contributed by atoms with Crippen LogP contribution in [0.15, 0.2) is 60.8 Å². The van der Waals surface area contributed by atoms with Crippen LogP contribution < -0.4 is 10.2 Å². The van der Waals surface area contributed by atoms with Crippen LogP contribution in [0.3, 0.4) is 0 Å². The molecule has 4 rings (SSSR count). The monoisotopic (exact) mass is 357 g/mol. The van der Waals surface area contributed by atoms with Gasteiger partial charge in [-0.3, -0.25) is 4.79 Å². The molecule has 0 fully saturated rings. The van der Waals surface area contributed by atoms with Gasteiger partial charge < -0.3 is 10.2 Å². The smallest absolute Gasteiger partial charge is 0.245 e. The van der Waals surface area contributed by atoms with Crippen molar-refractivity contribution < 1.29 is 4.79 Å². The number of carbonyl (C=O) groups is 1. The fourth-order valence-electron chi connectivity index (χ4n) is 3.44. The van der Waals surface area contributed by atoms with Crippen molar-refractivity contribution in [2.24, 2.45) is 0 Å². The Hall–Kier alpha value is -3.59. The van der Waals surface area contributed by atoms with Crippen molar-refractivity contribution in [3.05, 3.63) is 71.9 Å². The summed E-state index contributed by atoms with van der Waals surface area (Å²) < 4.78 is 1.58. The van der Waals surface area contributed by atoms with E-state index in [0.717, 1.165) is 30.8 Å². The fraction of sp³-hybridized carbons (Fsp3) is 0.190. The number of amides is 1. The highest BCUT2D eigenvalue weighted by Crippen LogP contribution is 2.26. The average Bonchev–Trinajstić information content (AvgIpc) is 3.11. The second-order valence-corrected chi connectivity index (χ2v) is 6.47. The van der Waals surface area contributed by atoms with Crippen molar-refractivity contribution >= 4 is 17.4 Å². The number of aromatic nitrogens is 2. The maximum atomic E-state index is 12.7. The van der Waals surface area contributed by atoms with E-state index in [9.17, 15) is 10.1 Å². The molecule has 6 heteroatoms. The number of anilines is 2. The lowest BCUT2D eigenvalue weighted by Gasteiger charge is -2.30. The van der Waals surface area contributed by atoms with E-state index in [0.29, 0.717) is 11.4 Å². The first-order valence-electron chi connectivity index (χ1n) is 8.92. The first-order valence-corrected chi connectivity index (χ1v) is 8.92. The van der Waals surface area contributed by atoms with Gasteiger partial charge in [-0.1, -0.05) is 36.4 Å². The van der Waals surface area contributed by atoms with E-state index in [2.05, 4.69) is 33.5 Å². The first kappa shape index (κ1) is 16.9. The minimum absolute atomic E-state index is 0.166. The van der Waals surface area contributed by atoms with Gasteiger partial charge in [-0.15, -0.1) is 0 Å². The highest BCUT2D eigenvalue weighted by molar-refractivity contribution is 5.94. The summed E-state index contributed by atoms with van der Waals surface area (Å²) in [5.41, 5.74) is 3.50. The number of para-hydroxylation sites is 2. The normalized spacial score (nSPS) is 12.9. The molecule has 2 aromatic carbocycles. The highest BCUT2D eigenvalue weighted by Gasteiger charge is 2.21. The summed E-state index contributed by atoms with van der Waals surface area (Å²) in [7, 11) is 0. The fourth-order valence-corrected chi connectivity index (χ4v) is 3.44. The lowest BCUT2D eigenvalue weighted by atomic mass is 10.0. The average molecular weight is 357 g/mol. The molecule has 0 radical (unpaired) electrons. The van der Waals surface area contributed by atoms with Crippen molar-refractivity contribution in [1.29, 1.82) is 5.26 Å². The largest absolute Gasteiger partial charge is 0.362 e. The van der Waals surface area contributed by atoms with Crippen LogP contribution in [0.25, 0.3) is 5.69 Å². The van der Waals surface area contributed by atoms with Gasteiger partial charge in [0.25, 0.3) is 0 Å². The van der Waals surface area contributed by atoms with Gasteiger partial charge in [0, 0.05) is 12.2 Å². The lowest BCUT2D eigenvalue weighted by molar-refractivity contribution is -0.115. The number of nitriles is 1. The Morgan fingerprint density at radius 1 is 1.15 bits per heavy atom. The van der Waals surface area contributed by atoms with Crippen LogP contribution in [0.2, 0.25) is 0 Å². The standard InChI is InChI=1S/C21H19N5O/c22-13-17-14-23-26(18-9-2-1-3-10-18)21(17)24-20(27)15-25-12-6-8-16-7-4-5-11-19(16)25/h1-5,7,9-11,14H,6,8,12,15H2,(H,24,27). The Balaban J connectivity index is 1.56. The van der Waals surface area contributed by atoms with Gasteiger partial charge in [-0.2, -0.15) is 10.4 Å². The van der Waals surface area contributed by atoms with Gasteiger partial charge in [0.1, 0.15) is 11.6 Å². The number of fused-ring (bicyclic) bond motifs is 1. The second-order valence-electron chi connectivity index (χ2n) is 6.47. The number of hydrogen-bond acceptors (Lipinski definition) is 4. The van der Waals surface area contributed by atoms with Gasteiger partial charge in [0.2, 0.25) is 5.91 Å². The zero-order valence-corrected chi connectivity index (χ0v) is 14.8. The summed E-state index contributed by atoms with van der Waals surface area (Å²) in [6.45, 7) is 1.08. The number of carbonyl (C=O) groups excluding carboxylic acids is 1. The molecule has 1 amide bonds. The molecule has 0 bridgehead atoms. The van der Waals surface area contributed by atoms with E-state index in [4.69, 9.17) is 0 Å². The molecule has 1 aliphatic heterocycles. The number of rotatable bonds is 4. The Bertz CT molecular complexity index is 1000. The van der Waals surface area contributed by atoms with Crippen LogP contribution in [0, 0.1) is 11.3 Å². The third-order valence-electron chi connectivity index (χ3n) is 4.69. The maximum absolute atomic E-state index is 12.7. The molecule has 0 saturated heterocycles. The van der Waals surface area contributed by atoms with Crippen LogP contribution >= 0.6 is 0 Å². The van der Waals surface area contributed by atoms with Gasteiger partial charge in [0.15, 0.2) is 5.82 Å². The summed E-state index contributed by atoms with van der Waals surface area (Å²) in [5.74, 6) is 0.236. The number of hydrogen-bond donors (Lipinski definition) is 1. The van der Waals surface area contributed by atoms with Gasteiger partial charge in [-0.05, 0) is 36.6 Å². The number of benzene rings is 2. The zero-order valence-electron chi connectivity index (χ0n) is 14.8. The van der Waals surface area contributed by atoms with E-state index >= 15 is 0 Å². The van der Waals surface area contributed by atoms with Gasteiger partial charge in [0.05, 0.1) is 18.4 Å². The van der Waals surface area contributed by atoms with E-state index in [-0.39, 0.29) is 12.5 Å².